The molecule has 0 N–H and O–H groups in total. The summed E-state index contributed by atoms with van der Waals surface area (Å²) in [7, 11) is 0. The highest BCUT2D eigenvalue weighted by atomic mass is 14.6. The lowest BCUT2D eigenvalue weighted by Crippen LogP contribution is -2.46. The summed E-state index contributed by atoms with van der Waals surface area (Å²) in [5.74, 6) is 3.16. The van der Waals surface area contributed by atoms with Gasteiger partial charge in [0.2, 0.25) is 0 Å². The zero-order valence-corrected chi connectivity index (χ0v) is 19.0. The third-order valence-corrected chi connectivity index (χ3v) is 8.80. The van der Waals surface area contributed by atoms with Crippen LogP contribution in [-0.4, -0.2) is 0 Å². The SMILES string of the molecule is CC(C)(C)c1ccc(-c2cccc3c2CC(CC24CC5CC(CC(C5)C2)C4)=C3)cc1. The van der Waals surface area contributed by atoms with E-state index in [1.165, 1.54) is 54.4 Å². The Balaban J connectivity index is 1.25. The second-order valence-electron chi connectivity index (χ2n) is 12.3. The molecule has 30 heavy (non-hydrogen) atoms. The molecule has 0 heterocycles. The molecule has 0 heteroatoms. The first kappa shape index (κ1) is 18.9. The molecule has 5 aliphatic carbocycles. The van der Waals surface area contributed by atoms with Gasteiger partial charge in [0.05, 0.1) is 0 Å². The van der Waals surface area contributed by atoms with Crippen LogP contribution in [-0.2, 0) is 11.8 Å². The standard InChI is InChI=1S/C30H36/c1-29(2,3)26-9-7-24(8-10-26)27-6-4-5-25-14-23(15-28(25)27)19-30-16-20-11-21(17-30)13-22(12-20)18-30/h4-10,14,20-22H,11-13,15-19H2,1-3H3. The summed E-state index contributed by atoms with van der Waals surface area (Å²) in [4.78, 5) is 0. The molecule has 4 fully saturated rings. The van der Waals surface area contributed by atoms with Crippen LogP contribution in [0.3, 0.4) is 0 Å². The topological polar surface area (TPSA) is 0 Å². The van der Waals surface area contributed by atoms with E-state index in [4.69, 9.17) is 0 Å². The first-order chi connectivity index (χ1) is 14.4. The molecule has 0 aliphatic heterocycles. The summed E-state index contributed by atoms with van der Waals surface area (Å²) in [5, 5.41) is 0. The molecular formula is C30H36. The lowest BCUT2D eigenvalue weighted by molar-refractivity contribution is -0.0521. The molecule has 4 saturated carbocycles. The summed E-state index contributed by atoms with van der Waals surface area (Å²) in [6.07, 6.45) is 14.3. The van der Waals surface area contributed by atoms with Crippen molar-refractivity contribution in [3.63, 3.8) is 0 Å². The molecule has 0 aromatic heterocycles. The predicted octanol–water partition coefficient (Wildman–Crippen LogP) is 8.20. The van der Waals surface area contributed by atoms with Gasteiger partial charge in [-0.1, -0.05) is 74.9 Å². The summed E-state index contributed by atoms with van der Waals surface area (Å²) in [5.41, 5.74) is 9.87. The Morgan fingerprint density at radius 3 is 2.07 bits per heavy atom. The summed E-state index contributed by atoms with van der Waals surface area (Å²) in [6, 6.07) is 16.3. The lowest BCUT2D eigenvalue weighted by Gasteiger charge is -2.57. The van der Waals surface area contributed by atoms with Crippen LogP contribution in [0, 0.1) is 23.2 Å². The highest BCUT2D eigenvalue weighted by Crippen LogP contribution is 2.62. The van der Waals surface area contributed by atoms with Crippen molar-refractivity contribution in [3.05, 3.63) is 64.7 Å². The monoisotopic (exact) mass is 396 g/mol. The van der Waals surface area contributed by atoms with E-state index in [2.05, 4.69) is 69.3 Å². The van der Waals surface area contributed by atoms with Gasteiger partial charge in [-0.25, -0.2) is 0 Å². The Morgan fingerprint density at radius 2 is 1.47 bits per heavy atom. The first-order valence-electron chi connectivity index (χ1n) is 12.3. The molecule has 4 bridgehead atoms. The fourth-order valence-electron chi connectivity index (χ4n) is 7.96. The Kier molecular flexibility index (Phi) is 4.15. The van der Waals surface area contributed by atoms with E-state index < -0.39 is 0 Å². The van der Waals surface area contributed by atoms with Crippen LogP contribution in [0.1, 0.15) is 82.4 Å². The van der Waals surface area contributed by atoms with Gasteiger partial charge in [0.15, 0.2) is 0 Å². The van der Waals surface area contributed by atoms with E-state index in [-0.39, 0.29) is 5.41 Å². The van der Waals surface area contributed by atoms with Crippen molar-refractivity contribution in [2.75, 3.05) is 0 Å². The van der Waals surface area contributed by atoms with E-state index in [1.807, 2.05) is 0 Å². The zero-order chi connectivity index (χ0) is 20.5. The number of rotatable bonds is 3. The van der Waals surface area contributed by atoms with Gasteiger partial charge in [-0.15, -0.1) is 0 Å². The molecule has 0 unspecified atom stereocenters. The number of hydrogen-bond donors (Lipinski definition) is 0. The molecule has 0 saturated heterocycles. The smallest absolute Gasteiger partial charge is 0.00515 e. The minimum absolute atomic E-state index is 0.212. The minimum Gasteiger partial charge on any atom is -0.0646 e. The van der Waals surface area contributed by atoms with Crippen molar-refractivity contribution in [3.8, 4) is 11.1 Å². The molecule has 2 aromatic rings. The average Bonchev–Trinajstić information content (AvgIpc) is 3.08. The van der Waals surface area contributed by atoms with Crippen LogP contribution >= 0.6 is 0 Å². The minimum atomic E-state index is 0.212. The number of benzene rings is 2. The third-order valence-electron chi connectivity index (χ3n) is 8.80. The van der Waals surface area contributed by atoms with E-state index in [9.17, 15) is 0 Å². The summed E-state index contributed by atoms with van der Waals surface area (Å²) >= 11 is 0. The molecular weight excluding hydrogens is 360 g/mol. The van der Waals surface area contributed by atoms with E-state index in [0.29, 0.717) is 5.41 Å². The normalized spacial score (nSPS) is 31.7. The van der Waals surface area contributed by atoms with Crippen molar-refractivity contribution >= 4 is 6.08 Å². The Labute approximate surface area is 182 Å². The predicted molar refractivity (Wildman–Crippen MR) is 127 cm³/mol. The van der Waals surface area contributed by atoms with Gasteiger partial charge < -0.3 is 0 Å². The molecule has 2 aromatic carbocycles. The van der Waals surface area contributed by atoms with Crippen molar-refractivity contribution in [2.45, 2.75) is 77.6 Å². The van der Waals surface area contributed by atoms with Crippen LogP contribution in [0.2, 0.25) is 0 Å². The number of fused-ring (bicyclic) bond motifs is 1. The van der Waals surface area contributed by atoms with E-state index in [0.717, 1.165) is 17.8 Å². The molecule has 0 radical (unpaired) electrons. The summed E-state index contributed by atoms with van der Waals surface area (Å²) < 4.78 is 0. The largest absolute Gasteiger partial charge is 0.0646 e. The molecule has 5 aliphatic rings. The van der Waals surface area contributed by atoms with Gasteiger partial charge in [-0.3, -0.25) is 0 Å². The molecule has 156 valence electrons. The highest BCUT2D eigenvalue weighted by molar-refractivity contribution is 5.77. The van der Waals surface area contributed by atoms with Gasteiger partial charge >= 0.3 is 0 Å². The number of hydrogen-bond acceptors (Lipinski definition) is 0. The highest BCUT2D eigenvalue weighted by Gasteiger charge is 2.50. The van der Waals surface area contributed by atoms with E-state index >= 15 is 0 Å². The molecule has 0 atom stereocenters. The van der Waals surface area contributed by atoms with Crippen LogP contribution in [0.4, 0.5) is 0 Å². The van der Waals surface area contributed by atoms with Crippen molar-refractivity contribution in [1.82, 2.24) is 0 Å². The Morgan fingerprint density at radius 1 is 0.833 bits per heavy atom. The van der Waals surface area contributed by atoms with Crippen molar-refractivity contribution in [1.29, 1.82) is 0 Å². The molecule has 0 spiro atoms. The first-order valence-corrected chi connectivity index (χ1v) is 12.3. The van der Waals surface area contributed by atoms with Gasteiger partial charge in [-0.05, 0) is 108 Å². The average molecular weight is 397 g/mol. The molecule has 7 rings (SSSR count). The van der Waals surface area contributed by atoms with Crippen LogP contribution in [0.25, 0.3) is 17.2 Å². The van der Waals surface area contributed by atoms with E-state index in [1.54, 1.807) is 30.4 Å². The van der Waals surface area contributed by atoms with Gasteiger partial charge in [0.1, 0.15) is 0 Å². The van der Waals surface area contributed by atoms with Crippen molar-refractivity contribution in [2.24, 2.45) is 23.2 Å². The maximum absolute atomic E-state index is 2.56. The van der Waals surface area contributed by atoms with Crippen LogP contribution in [0.15, 0.2) is 48.0 Å². The maximum atomic E-state index is 2.56. The maximum Gasteiger partial charge on any atom is -0.00515 e. The molecule has 0 nitrogen and oxygen atoms in total. The van der Waals surface area contributed by atoms with Gasteiger partial charge in [-0.2, -0.15) is 0 Å². The number of allylic oxidation sites excluding steroid dienone is 1. The van der Waals surface area contributed by atoms with Gasteiger partial charge in [0.25, 0.3) is 0 Å². The fourth-order valence-corrected chi connectivity index (χ4v) is 7.96. The van der Waals surface area contributed by atoms with Crippen molar-refractivity contribution < 1.29 is 0 Å². The third kappa shape index (κ3) is 3.19. The van der Waals surface area contributed by atoms with Gasteiger partial charge in [0, 0.05) is 0 Å². The van der Waals surface area contributed by atoms with Crippen LogP contribution in [0.5, 0.6) is 0 Å². The lowest BCUT2D eigenvalue weighted by atomic mass is 9.48. The summed E-state index contributed by atoms with van der Waals surface area (Å²) in [6.45, 7) is 6.88. The fraction of sp³-hybridized carbons (Fsp3) is 0.533. The zero-order valence-electron chi connectivity index (χ0n) is 19.0. The molecule has 0 amide bonds. The Hall–Kier alpha value is -1.82. The quantitative estimate of drug-likeness (QED) is 0.490. The second-order valence-corrected chi connectivity index (χ2v) is 12.3. The van der Waals surface area contributed by atoms with Crippen LogP contribution < -0.4 is 0 Å². The Bertz CT molecular complexity index is 960. The second kappa shape index (κ2) is 6.59.